The lowest BCUT2D eigenvalue weighted by molar-refractivity contribution is 0.588. The molecular formula is C19H19BrN4O2S. The second-order valence-electron chi connectivity index (χ2n) is 6.76. The number of aryl methyl sites for hydroxylation is 1. The molecule has 0 N–H and O–H groups in total. The largest absolute Gasteiger partial charge is 0.352 e. The van der Waals surface area contributed by atoms with Crippen LogP contribution in [0, 0.1) is 6.92 Å². The van der Waals surface area contributed by atoms with Crippen LogP contribution < -0.4 is 4.90 Å². The minimum Gasteiger partial charge on any atom is -0.352 e. The number of hydrogen-bond donors (Lipinski definition) is 0. The summed E-state index contributed by atoms with van der Waals surface area (Å²) in [7, 11) is -3.76. The molecular weight excluding hydrogens is 428 g/mol. The number of piperidine rings is 1. The Labute approximate surface area is 166 Å². The number of nitrogens with zero attached hydrogens (tertiary/aromatic N) is 4. The van der Waals surface area contributed by atoms with Gasteiger partial charge in [-0.2, -0.15) is 0 Å². The van der Waals surface area contributed by atoms with Crippen LogP contribution in [0.3, 0.4) is 0 Å². The van der Waals surface area contributed by atoms with E-state index in [1.807, 2.05) is 6.92 Å². The van der Waals surface area contributed by atoms with E-state index >= 15 is 0 Å². The van der Waals surface area contributed by atoms with Crippen LogP contribution in [-0.4, -0.2) is 35.4 Å². The van der Waals surface area contributed by atoms with Gasteiger partial charge < -0.3 is 4.90 Å². The van der Waals surface area contributed by atoms with E-state index in [0.29, 0.717) is 22.1 Å². The Balaban J connectivity index is 1.88. The van der Waals surface area contributed by atoms with Gasteiger partial charge in [-0.25, -0.2) is 22.4 Å². The van der Waals surface area contributed by atoms with Crippen LogP contribution in [-0.2, 0) is 10.0 Å². The second kappa shape index (κ2) is 6.76. The first-order chi connectivity index (χ1) is 12.9. The molecule has 1 saturated heterocycles. The Morgan fingerprint density at radius 1 is 1.19 bits per heavy atom. The molecule has 8 heteroatoms. The van der Waals surface area contributed by atoms with Gasteiger partial charge in [0.25, 0.3) is 10.0 Å². The molecule has 1 aliphatic heterocycles. The number of anilines is 1. The van der Waals surface area contributed by atoms with Gasteiger partial charge >= 0.3 is 0 Å². The zero-order chi connectivity index (χ0) is 19.2. The van der Waals surface area contributed by atoms with Gasteiger partial charge in [0.1, 0.15) is 12.1 Å². The molecule has 0 spiro atoms. The first kappa shape index (κ1) is 18.2. The zero-order valence-electron chi connectivity index (χ0n) is 14.9. The maximum atomic E-state index is 13.2. The molecule has 3 heterocycles. The van der Waals surface area contributed by atoms with Gasteiger partial charge in [0.05, 0.1) is 10.3 Å². The van der Waals surface area contributed by atoms with Crippen molar-refractivity contribution in [3.05, 3.63) is 59.0 Å². The molecule has 6 nitrogen and oxygen atoms in total. The van der Waals surface area contributed by atoms with Gasteiger partial charge in [0.15, 0.2) is 5.65 Å². The van der Waals surface area contributed by atoms with Gasteiger partial charge in [-0.1, -0.05) is 29.8 Å². The fourth-order valence-corrected chi connectivity index (χ4v) is 5.36. The molecule has 4 rings (SSSR count). The van der Waals surface area contributed by atoms with Crippen LogP contribution in [0.2, 0.25) is 0 Å². The Hall–Kier alpha value is -2.19. The van der Waals surface area contributed by atoms with Gasteiger partial charge in [0, 0.05) is 23.8 Å². The standard InChI is InChI=1S/C19H19BrN4O2S/c1-13-5-7-15(8-6-13)27(25,26)24-11-16(20)17-18(21-12-22-19(17)24)23-9-3-4-14(2)10-23/h5-8,11-12H,2-4,9-10H2,1H3. The highest BCUT2D eigenvalue weighted by molar-refractivity contribution is 9.10. The predicted octanol–water partition coefficient (Wildman–Crippen LogP) is 3.90. The summed E-state index contributed by atoms with van der Waals surface area (Å²) in [5, 5.41) is 0.697. The molecule has 0 atom stereocenters. The minimum atomic E-state index is -3.76. The fourth-order valence-electron chi connectivity index (χ4n) is 3.35. The number of rotatable bonds is 3. The van der Waals surface area contributed by atoms with Crippen LogP contribution in [0.4, 0.5) is 5.82 Å². The van der Waals surface area contributed by atoms with Crippen molar-refractivity contribution >= 4 is 42.8 Å². The monoisotopic (exact) mass is 446 g/mol. The topological polar surface area (TPSA) is 68.1 Å². The molecule has 140 valence electrons. The highest BCUT2D eigenvalue weighted by Crippen LogP contribution is 2.35. The Morgan fingerprint density at radius 2 is 1.93 bits per heavy atom. The summed E-state index contributed by atoms with van der Waals surface area (Å²) in [4.78, 5) is 11.1. The first-order valence-corrected chi connectivity index (χ1v) is 10.9. The number of fused-ring (bicyclic) bond motifs is 1. The lowest BCUT2D eigenvalue weighted by Crippen LogP contribution is -2.31. The Bertz CT molecular complexity index is 1140. The van der Waals surface area contributed by atoms with Crippen molar-refractivity contribution in [1.29, 1.82) is 0 Å². The van der Waals surface area contributed by atoms with E-state index in [1.54, 1.807) is 30.5 Å². The summed E-state index contributed by atoms with van der Waals surface area (Å²) in [6, 6.07) is 6.79. The molecule has 3 aromatic rings. The van der Waals surface area contributed by atoms with Gasteiger partial charge in [-0.05, 0) is 47.8 Å². The molecule has 1 fully saturated rings. The normalized spacial score (nSPS) is 15.5. The molecule has 0 bridgehead atoms. The maximum absolute atomic E-state index is 13.2. The third kappa shape index (κ3) is 3.17. The quantitative estimate of drug-likeness (QED) is 0.570. The predicted molar refractivity (Wildman–Crippen MR) is 110 cm³/mol. The summed E-state index contributed by atoms with van der Waals surface area (Å²) in [6.45, 7) is 7.58. The third-order valence-electron chi connectivity index (χ3n) is 4.74. The van der Waals surface area contributed by atoms with Crippen molar-refractivity contribution in [2.45, 2.75) is 24.7 Å². The maximum Gasteiger partial charge on any atom is 0.269 e. The van der Waals surface area contributed by atoms with E-state index in [1.165, 1.54) is 10.3 Å². The molecule has 0 saturated carbocycles. The van der Waals surface area contributed by atoms with Crippen LogP contribution >= 0.6 is 15.9 Å². The van der Waals surface area contributed by atoms with Crippen LogP contribution in [0.25, 0.3) is 11.0 Å². The number of benzene rings is 1. The van der Waals surface area contributed by atoms with Crippen molar-refractivity contribution < 1.29 is 8.42 Å². The minimum absolute atomic E-state index is 0.226. The molecule has 0 radical (unpaired) electrons. The van der Waals surface area contributed by atoms with Gasteiger partial charge in [-0.15, -0.1) is 0 Å². The van der Waals surface area contributed by atoms with Crippen molar-refractivity contribution in [3.63, 3.8) is 0 Å². The van der Waals surface area contributed by atoms with E-state index in [-0.39, 0.29) is 4.90 Å². The fraction of sp³-hybridized carbons (Fsp3) is 0.263. The van der Waals surface area contributed by atoms with Gasteiger partial charge in [-0.3, -0.25) is 0 Å². The lowest BCUT2D eigenvalue weighted by Gasteiger charge is -2.29. The summed E-state index contributed by atoms with van der Waals surface area (Å²) in [6.07, 6.45) is 4.98. The summed E-state index contributed by atoms with van der Waals surface area (Å²) >= 11 is 3.51. The molecule has 2 aromatic heterocycles. The van der Waals surface area contributed by atoms with Crippen molar-refractivity contribution in [2.24, 2.45) is 0 Å². The summed E-state index contributed by atoms with van der Waals surface area (Å²) in [5.74, 6) is 0.727. The summed E-state index contributed by atoms with van der Waals surface area (Å²) < 4.78 is 28.2. The molecule has 0 unspecified atom stereocenters. The molecule has 1 aromatic carbocycles. The molecule has 27 heavy (non-hydrogen) atoms. The van der Waals surface area contributed by atoms with E-state index in [4.69, 9.17) is 0 Å². The van der Waals surface area contributed by atoms with Crippen LogP contribution in [0.15, 0.2) is 58.3 Å². The van der Waals surface area contributed by atoms with Crippen LogP contribution in [0.5, 0.6) is 0 Å². The second-order valence-corrected chi connectivity index (χ2v) is 9.43. The average Bonchev–Trinajstić information content (AvgIpc) is 3.00. The number of aromatic nitrogens is 3. The number of hydrogen-bond acceptors (Lipinski definition) is 5. The van der Waals surface area contributed by atoms with E-state index in [0.717, 1.165) is 36.3 Å². The van der Waals surface area contributed by atoms with Crippen LogP contribution in [0.1, 0.15) is 18.4 Å². The lowest BCUT2D eigenvalue weighted by atomic mass is 10.1. The zero-order valence-corrected chi connectivity index (χ0v) is 17.3. The van der Waals surface area contributed by atoms with E-state index in [9.17, 15) is 8.42 Å². The number of halogens is 1. The highest BCUT2D eigenvalue weighted by atomic mass is 79.9. The first-order valence-electron chi connectivity index (χ1n) is 8.63. The van der Waals surface area contributed by atoms with Crippen molar-refractivity contribution in [3.8, 4) is 0 Å². The molecule has 0 amide bonds. The molecule has 0 aliphatic carbocycles. The highest BCUT2D eigenvalue weighted by Gasteiger charge is 2.26. The average molecular weight is 447 g/mol. The van der Waals surface area contributed by atoms with E-state index < -0.39 is 10.0 Å². The SMILES string of the molecule is C=C1CCCN(c2ncnc3c2c(Br)cn3S(=O)(=O)c2ccc(C)cc2)C1. The van der Waals surface area contributed by atoms with Crippen molar-refractivity contribution in [1.82, 2.24) is 13.9 Å². The Morgan fingerprint density at radius 3 is 2.63 bits per heavy atom. The third-order valence-corrected chi connectivity index (χ3v) is 7.00. The van der Waals surface area contributed by atoms with Gasteiger partial charge in [0.2, 0.25) is 0 Å². The van der Waals surface area contributed by atoms with Crippen molar-refractivity contribution in [2.75, 3.05) is 18.0 Å². The molecule has 1 aliphatic rings. The summed E-state index contributed by atoms with van der Waals surface area (Å²) in [5.41, 5.74) is 2.52. The smallest absolute Gasteiger partial charge is 0.269 e. The Kier molecular flexibility index (Phi) is 4.55. The van der Waals surface area contributed by atoms with E-state index in [2.05, 4.69) is 37.4 Å².